The van der Waals surface area contributed by atoms with E-state index in [0.29, 0.717) is 22.8 Å². The van der Waals surface area contributed by atoms with Crippen molar-refractivity contribution in [3.8, 4) is 11.5 Å². The molecule has 1 aromatic heterocycles. The molecule has 1 heterocycles. The summed E-state index contributed by atoms with van der Waals surface area (Å²) in [5, 5.41) is 0. The van der Waals surface area contributed by atoms with E-state index in [1.807, 2.05) is 0 Å². The molecule has 98 valence electrons. The summed E-state index contributed by atoms with van der Waals surface area (Å²) >= 11 is 0. The molecule has 0 aliphatic heterocycles. The molecule has 0 atom stereocenters. The van der Waals surface area contributed by atoms with Crippen LogP contribution in [-0.4, -0.2) is 20.0 Å². The fourth-order valence-electron chi connectivity index (χ4n) is 1.64. The molecule has 0 aliphatic rings. The third kappa shape index (κ3) is 3.04. The number of carbonyl (C=O) groups excluding carboxylic acids is 1. The Hall–Kier alpha value is -2.49. The van der Waals surface area contributed by atoms with Gasteiger partial charge in [0.1, 0.15) is 17.3 Å². The number of ketones is 1. The summed E-state index contributed by atoms with van der Waals surface area (Å²) in [6, 6.07) is 8.60. The van der Waals surface area contributed by atoms with Crippen molar-refractivity contribution in [3.05, 3.63) is 54.0 Å². The normalized spacial score (nSPS) is 10.6. The Balaban J connectivity index is 2.23. The molecule has 0 unspecified atom stereocenters. The van der Waals surface area contributed by atoms with Crippen molar-refractivity contribution in [3.63, 3.8) is 0 Å². The molecular weight excluding hydrogens is 244 g/mol. The van der Waals surface area contributed by atoms with Crippen molar-refractivity contribution in [2.75, 3.05) is 14.2 Å². The molecule has 0 aliphatic carbocycles. The average Bonchev–Trinajstić information content (AvgIpc) is 2.97. The average molecular weight is 258 g/mol. The van der Waals surface area contributed by atoms with Crippen LogP contribution in [-0.2, 0) is 0 Å². The van der Waals surface area contributed by atoms with Gasteiger partial charge in [0.2, 0.25) is 0 Å². The van der Waals surface area contributed by atoms with Crippen LogP contribution in [0.25, 0.3) is 6.08 Å². The van der Waals surface area contributed by atoms with Crippen molar-refractivity contribution in [2.45, 2.75) is 0 Å². The minimum atomic E-state index is -0.157. The minimum absolute atomic E-state index is 0.157. The first-order valence-electron chi connectivity index (χ1n) is 5.72. The lowest BCUT2D eigenvalue weighted by Crippen LogP contribution is -1.99. The van der Waals surface area contributed by atoms with E-state index in [1.165, 1.54) is 13.2 Å². The van der Waals surface area contributed by atoms with Crippen molar-refractivity contribution in [1.29, 1.82) is 0 Å². The number of hydrogen-bond donors (Lipinski definition) is 0. The Morgan fingerprint density at radius 1 is 1.21 bits per heavy atom. The summed E-state index contributed by atoms with van der Waals surface area (Å²) in [6.07, 6.45) is 4.62. The lowest BCUT2D eigenvalue weighted by Gasteiger charge is -2.07. The molecule has 0 fully saturated rings. The van der Waals surface area contributed by atoms with Crippen LogP contribution < -0.4 is 9.47 Å². The van der Waals surface area contributed by atoms with Crippen LogP contribution in [0.3, 0.4) is 0 Å². The van der Waals surface area contributed by atoms with E-state index in [1.54, 1.807) is 49.8 Å². The van der Waals surface area contributed by atoms with Crippen LogP contribution in [0.5, 0.6) is 11.5 Å². The van der Waals surface area contributed by atoms with Gasteiger partial charge in [-0.25, -0.2) is 0 Å². The number of hydrogen-bond acceptors (Lipinski definition) is 4. The number of carbonyl (C=O) groups is 1. The number of furan rings is 1. The summed E-state index contributed by atoms with van der Waals surface area (Å²) in [5.74, 6) is 1.59. The zero-order valence-corrected chi connectivity index (χ0v) is 10.8. The Labute approximate surface area is 111 Å². The third-order valence-corrected chi connectivity index (χ3v) is 2.62. The fraction of sp³-hybridized carbons (Fsp3) is 0.133. The second-order valence-corrected chi connectivity index (χ2v) is 3.78. The van der Waals surface area contributed by atoms with Crippen LogP contribution in [0.2, 0.25) is 0 Å². The SMILES string of the molecule is COc1ccc(C(=O)C=Cc2ccco2)c(OC)c1. The van der Waals surface area contributed by atoms with Gasteiger partial charge in [0.15, 0.2) is 5.78 Å². The Morgan fingerprint density at radius 2 is 2.05 bits per heavy atom. The molecular formula is C15H14O4. The van der Waals surface area contributed by atoms with Gasteiger partial charge in [-0.05, 0) is 36.4 Å². The van der Waals surface area contributed by atoms with Gasteiger partial charge in [-0.3, -0.25) is 4.79 Å². The molecule has 19 heavy (non-hydrogen) atoms. The quantitative estimate of drug-likeness (QED) is 0.610. The van der Waals surface area contributed by atoms with E-state index < -0.39 is 0 Å². The van der Waals surface area contributed by atoms with Crippen LogP contribution in [0.15, 0.2) is 47.1 Å². The molecule has 0 spiro atoms. The number of benzene rings is 1. The molecule has 4 nitrogen and oxygen atoms in total. The van der Waals surface area contributed by atoms with E-state index in [-0.39, 0.29) is 5.78 Å². The molecule has 1 aromatic carbocycles. The van der Waals surface area contributed by atoms with Gasteiger partial charge < -0.3 is 13.9 Å². The van der Waals surface area contributed by atoms with Gasteiger partial charge in [0.05, 0.1) is 26.0 Å². The highest BCUT2D eigenvalue weighted by atomic mass is 16.5. The highest BCUT2D eigenvalue weighted by Gasteiger charge is 2.10. The zero-order chi connectivity index (χ0) is 13.7. The lowest BCUT2D eigenvalue weighted by atomic mass is 10.1. The number of methoxy groups -OCH3 is 2. The van der Waals surface area contributed by atoms with Crippen LogP contribution in [0, 0.1) is 0 Å². The molecule has 0 N–H and O–H groups in total. The van der Waals surface area contributed by atoms with Gasteiger partial charge in [-0.15, -0.1) is 0 Å². The summed E-state index contributed by atoms with van der Waals surface area (Å²) in [5.41, 5.74) is 0.478. The van der Waals surface area contributed by atoms with Gasteiger partial charge in [0.25, 0.3) is 0 Å². The molecule has 2 aromatic rings. The highest BCUT2D eigenvalue weighted by Crippen LogP contribution is 2.25. The molecule has 0 saturated carbocycles. The van der Waals surface area contributed by atoms with Crippen molar-refractivity contribution < 1.29 is 18.7 Å². The molecule has 4 heteroatoms. The number of ether oxygens (including phenoxy) is 2. The van der Waals surface area contributed by atoms with Crippen LogP contribution in [0.4, 0.5) is 0 Å². The van der Waals surface area contributed by atoms with E-state index >= 15 is 0 Å². The zero-order valence-electron chi connectivity index (χ0n) is 10.8. The first kappa shape index (κ1) is 13.0. The molecule has 0 amide bonds. The second-order valence-electron chi connectivity index (χ2n) is 3.78. The lowest BCUT2D eigenvalue weighted by molar-refractivity contribution is 0.104. The van der Waals surface area contributed by atoms with E-state index in [4.69, 9.17) is 13.9 Å². The summed E-state index contributed by atoms with van der Waals surface area (Å²) in [7, 11) is 3.08. The van der Waals surface area contributed by atoms with Gasteiger partial charge in [0, 0.05) is 6.07 Å². The third-order valence-electron chi connectivity index (χ3n) is 2.62. The number of rotatable bonds is 5. The molecule has 0 bridgehead atoms. The predicted octanol–water partition coefficient (Wildman–Crippen LogP) is 3.19. The molecule has 0 radical (unpaired) electrons. The van der Waals surface area contributed by atoms with E-state index in [0.717, 1.165) is 0 Å². The Kier molecular flexibility index (Phi) is 4.03. The van der Waals surface area contributed by atoms with Crippen LogP contribution in [0.1, 0.15) is 16.1 Å². The largest absolute Gasteiger partial charge is 0.497 e. The van der Waals surface area contributed by atoms with Crippen molar-refractivity contribution in [2.24, 2.45) is 0 Å². The van der Waals surface area contributed by atoms with Crippen molar-refractivity contribution >= 4 is 11.9 Å². The van der Waals surface area contributed by atoms with E-state index in [9.17, 15) is 4.79 Å². The monoisotopic (exact) mass is 258 g/mol. The first-order chi connectivity index (χ1) is 9.24. The Morgan fingerprint density at radius 3 is 2.68 bits per heavy atom. The number of allylic oxidation sites excluding steroid dienone is 1. The first-order valence-corrected chi connectivity index (χ1v) is 5.72. The van der Waals surface area contributed by atoms with Crippen molar-refractivity contribution in [1.82, 2.24) is 0 Å². The summed E-state index contributed by atoms with van der Waals surface area (Å²) < 4.78 is 15.4. The van der Waals surface area contributed by atoms with Gasteiger partial charge >= 0.3 is 0 Å². The summed E-state index contributed by atoms with van der Waals surface area (Å²) in [6.45, 7) is 0. The van der Waals surface area contributed by atoms with Crippen LogP contribution >= 0.6 is 0 Å². The maximum absolute atomic E-state index is 12.1. The second kappa shape index (κ2) is 5.91. The maximum atomic E-state index is 12.1. The van der Waals surface area contributed by atoms with Gasteiger partial charge in [-0.1, -0.05) is 0 Å². The van der Waals surface area contributed by atoms with Gasteiger partial charge in [-0.2, -0.15) is 0 Å². The smallest absolute Gasteiger partial charge is 0.189 e. The minimum Gasteiger partial charge on any atom is -0.497 e. The topological polar surface area (TPSA) is 48.7 Å². The fourth-order valence-corrected chi connectivity index (χ4v) is 1.64. The van der Waals surface area contributed by atoms with E-state index in [2.05, 4.69) is 0 Å². The molecule has 0 saturated heterocycles. The predicted molar refractivity (Wildman–Crippen MR) is 71.6 cm³/mol. The highest BCUT2D eigenvalue weighted by molar-refractivity contribution is 6.08. The maximum Gasteiger partial charge on any atom is 0.189 e. The molecule has 2 rings (SSSR count). The Bertz CT molecular complexity index is 582. The standard InChI is InChI=1S/C15H14O4/c1-17-12-5-7-13(15(10-12)18-2)14(16)8-6-11-4-3-9-19-11/h3-10H,1-2H3. The summed E-state index contributed by atoms with van der Waals surface area (Å²) in [4.78, 5) is 12.1.